The quantitative estimate of drug-likeness (QED) is 0.422. The summed E-state index contributed by atoms with van der Waals surface area (Å²) in [6, 6.07) is 0. The molecule has 0 saturated carbocycles. The van der Waals surface area contributed by atoms with E-state index in [9.17, 15) is 0 Å². The van der Waals surface area contributed by atoms with Crippen LogP contribution in [0.2, 0.25) is 0 Å². The van der Waals surface area contributed by atoms with Gasteiger partial charge >= 0.3 is 0 Å². The summed E-state index contributed by atoms with van der Waals surface area (Å²) in [4.78, 5) is 0. The highest BCUT2D eigenvalue weighted by Crippen LogP contribution is 2.20. The van der Waals surface area contributed by atoms with Gasteiger partial charge in [-0.3, -0.25) is 5.41 Å². The van der Waals surface area contributed by atoms with Crippen LogP contribution < -0.4 is 11.1 Å². The first-order valence-corrected chi connectivity index (χ1v) is 5.54. The first kappa shape index (κ1) is 12.1. The molecule has 0 radical (unpaired) electrons. The molecule has 0 aliphatic heterocycles. The molecule has 1 unspecified atom stereocenters. The van der Waals surface area contributed by atoms with Crippen molar-refractivity contribution >= 4 is 37.4 Å². The number of nitrogens with one attached hydrogen (secondary N) is 2. The summed E-state index contributed by atoms with van der Waals surface area (Å²) in [7, 11) is 1.82. The fourth-order valence-electron chi connectivity index (χ4n) is 0.795. The Morgan fingerprint density at radius 3 is 2.83 bits per heavy atom. The third-order valence-corrected chi connectivity index (χ3v) is 2.70. The highest BCUT2D eigenvalue weighted by Gasteiger charge is 2.05. The Bertz CT molecular complexity index is 181. The van der Waals surface area contributed by atoms with E-state index in [1.807, 2.05) is 29.6 Å². The van der Waals surface area contributed by atoms with Gasteiger partial charge in [0.1, 0.15) is 3.05 Å². The number of halogens is 1. The number of nitrogens with two attached hydrogens (primary N) is 1. The van der Waals surface area contributed by atoms with Crippen LogP contribution in [0, 0.1) is 5.41 Å². The third kappa shape index (κ3) is 6.78. The van der Waals surface area contributed by atoms with Crippen molar-refractivity contribution in [1.82, 2.24) is 5.32 Å². The van der Waals surface area contributed by atoms with Crippen LogP contribution in [0.5, 0.6) is 0 Å². The van der Waals surface area contributed by atoms with Gasteiger partial charge in [0.15, 0.2) is 0 Å². The summed E-state index contributed by atoms with van der Waals surface area (Å²) in [5.41, 5.74) is 6.50. The molecule has 0 heterocycles. The Kier molecular flexibility index (Phi) is 6.64. The minimum atomic E-state index is 0.374. The molecule has 0 saturated heterocycles. The van der Waals surface area contributed by atoms with Gasteiger partial charge in [-0.05, 0) is 22.6 Å². The lowest BCUT2D eigenvalue weighted by Gasteiger charge is -2.08. The van der Waals surface area contributed by atoms with Crippen LogP contribution in [0.3, 0.4) is 0 Å². The summed E-state index contributed by atoms with van der Waals surface area (Å²) < 4.78 is 0.609. The summed E-state index contributed by atoms with van der Waals surface area (Å²) in [6.45, 7) is 2.06. The van der Waals surface area contributed by atoms with E-state index in [1.165, 1.54) is 11.8 Å². The van der Waals surface area contributed by atoms with Crippen LogP contribution >= 0.6 is 34.4 Å². The molecule has 0 aliphatic rings. The number of rotatable bonds is 4. The molecule has 70 valence electrons. The predicted molar refractivity (Wildman–Crippen MR) is 64.7 cm³/mol. The van der Waals surface area contributed by atoms with Crippen LogP contribution in [0.15, 0.2) is 11.9 Å². The summed E-state index contributed by atoms with van der Waals surface area (Å²) in [5.74, 6) is 0. The van der Waals surface area contributed by atoms with Crippen molar-refractivity contribution in [2.75, 3.05) is 7.05 Å². The average Bonchev–Trinajstić information content (AvgIpc) is 1.84. The van der Waals surface area contributed by atoms with Crippen LogP contribution in [-0.4, -0.2) is 15.3 Å². The molecule has 3 nitrogen and oxygen atoms in total. The molecule has 0 aromatic heterocycles. The summed E-state index contributed by atoms with van der Waals surface area (Å²) in [6.07, 6.45) is 2.60. The second-order valence-electron chi connectivity index (χ2n) is 2.41. The van der Waals surface area contributed by atoms with E-state index in [-0.39, 0.29) is 0 Å². The van der Waals surface area contributed by atoms with Gasteiger partial charge in [0, 0.05) is 30.6 Å². The molecular weight excluding hydrogens is 285 g/mol. The zero-order valence-corrected chi connectivity index (χ0v) is 10.2. The van der Waals surface area contributed by atoms with E-state index in [0.717, 1.165) is 12.1 Å². The van der Waals surface area contributed by atoms with Crippen LogP contribution in [0.25, 0.3) is 0 Å². The first-order chi connectivity index (χ1) is 5.56. The minimum Gasteiger partial charge on any atom is -0.401 e. The van der Waals surface area contributed by atoms with Gasteiger partial charge < -0.3 is 11.1 Å². The topological polar surface area (TPSA) is 61.9 Å². The zero-order chi connectivity index (χ0) is 9.56. The van der Waals surface area contributed by atoms with Gasteiger partial charge in [-0.15, -0.1) is 0 Å². The molecule has 12 heavy (non-hydrogen) atoms. The van der Waals surface area contributed by atoms with E-state index in [4.69, 9.17) is 11.1 Å². The molecule has 0 spiro atoms. The maximum atomic E-state index is 7.24. The van der Waals surface area contributed by atoms with Crippen molar-refractivity contribution < 1.29 is 0 Å². The van der Waals surface area contributed by atoms with Crippen LogP contribution in [0.1, 0.15) is 13.3 Å². The van der Waals surface area contributed by atoms with E-state index in [0.29, 0.717) is 8.30 Å². The lowest BCUT2D eigenvalue weighted by Crippen LogP contribution is -2.09. The fourth-order valence-corrected chi connectivity index (χ4v) is 2.73. The van der Waals surface area contributed by atoms with Crippen molar-refractivity contribution in [2.45, 2.75) is 18.6 Å². The molecule has 0 aromatic rings. The highest BCUT2D eigenvalue weighted by atomic mass is 127. The van der Waals surface area contributed by atoms with E-state index < -0.39 is 0 Å². The van der Waals surface area contributed by atoms with Gasteiger partial charge in [0.25, 0.3) is 0 Å². The van der Waals surface area contributed by atoms with Gasteiger partial charge in [-0.1, -0.05) is 18.7 Å². The third-order valence-electron chi connectivity index (χ3n) is 1.16. The zero-order valence-electron chi connectivity index (χ0n) is 7.23. The Morgan fingerprint density at radius 1 is 1.83 bits per heavy atom. The second-order valence-corrected chi connectivity index (χ2v) is 5.67. The fraction of sp³-hybridized carbons (Fsp3) is 0.571. The maximum absolute atomic E-state index is 7.24. The largest absolute Gasteiger partial charge is 0.401 e. The van der Waals surface area contributed by atoms with Crippen LogP contribution in [-0.2, 0) is 0 Å². The Balaban J connectivity index is 3.75. The lowest BCUT2D eigenvalue weighted by molar-refractivity contribution is 0.894. The van der Waals surface area contributed by atoms with Gasteiger partial charge in [-0.25, -0.2) is 0 Å². The lowest BCUT2D eigenvalue weighted by atomic mass is 10.3. The molecular formula is C7H14IN3S. The maximum Gasteiger partial charge on any atom is 0.126 e. The molecule has 0 fully saturated rings. The number of hydrogen-bond donors (Lipinski definition) is 3. The smallest absolute Gasteiger partial charge is 0.126 e. The Morgan fingerprint density at radius 2 is 2.42 bits per heavy atom. The molecule has 0 bridgehead atoms. The average molecular weight is 299 g/mol. The van der Waals surface area contributed by atoms with Crippen molar-refractivity contribution in [2.24, 2.45) is 5.73 Å². The van der Waals surface area contributed by atoms with Gasteiger partial charge in [0.2, 0.25) is 0 Å². The number of hydrogen-bond acceptors (Lipinski definition) is 4. The molecule has 0 rings (SSSR count). The molecule has 0 aromatic carbocycles. The van der Waals surface area contributed by atoms with E-state index in [2.05, 4.69) is 12.2 Å². The van der Waals surface area contributed by atoms with Crippen LogP contribution in [0.4, 0.5) is 0 Å². The predicted octanol–water partition coefficient (Wildman–Crippen LogP) is 1.89. The Labute approximate surface area is 91.2 Å². The number of allylic oxidation sites excluding steroid dienone is 1. The van der Waals surface area contributed by atoms with Crippen molar-refractivity contribution in [1.29, 1.82) is 5.41 Å². The monoisotopic (exact) mass is 299 g/mol. The normalized spacial score (nSPS) is 14.1. The van der Waals surface area contributed by atoms with Gasteiger partial charge in [-0.2, -0.15) is 0 Å². The molecule has 1 atom stereocenters. The van der Waals surface area contributed by atoms with Crippen molar-refractivity contribution in [3.8, 4) is 0 Å². The standard InChI is InChI=1S/C7H14IN3S/c1-5(12-7(8)10)3-6(9)4-11-2/h4-5,10-11H,3,9H2,1-2H3/b6-4+,10-7?. The highest BCUT2D eigenvalue weighted by molar-refractivity contribution is 14.1. The first-order valence-electron chi connectivity index (χ1n) is 3.58. The minimum absolute atomic E-state index is 0.374. The summed E-state index contributed by atoms with van der Waals surface area (Å²) in [5, 5.41) is 10.5. The van der Waals surface area contributed by atoms with E-state index >= 15 is 0 Å². The molecule has 0 amide bonds. The van der Waals surface area contributed by atoms with E-state index in [1.54, 1.807) is 6.20 Å². The molecule has 4 N–H and O–H groups in total. The van der Waals surface area contributed by atoms with Crippen molar-refractivity contribution in [3.05, 3.63) is 11.9 Å². The van der Waals surface area contributed by atoms with Gasteiger partial charge in [0.05, 0.1) is 0 Å². The summed E-state index contributed by atoms with van der Waals surface area (Å²) >= 11 is 3.53. The number of thioether (sulfide) groups is 1. The second kappa shape index (κ2) is 6.59. The van der Waals surface area contributed by atoms with Crippen molar-refractivity contribution in [3.63, 3.8) is 0 Å². The molecule has 0 aliphatic carbocycles. The SMILES string of the molecule is CN/C=C(/N)CC(C)SC(=N)I. The molecule has 5 heteroatoms. The Hall–Kier alpha value is 0.0900.